The molecule has 20 heavy (non-hydrogen) atoms. The van der Waals surface area contributed by atoms with E-state index >= 15 is 0 Å². The second kappa shape index (κ2) is 4.68. The molecule has 8 heteroatoms. The number of rotatable bonds is 3. The second-order valence-electron chi connectivity index (χ2n) is 5.04. The first kappa shape index (κ1) is 16.9. The molecule has 1 heterocycles. The van der Waals surface area contributed by atoms with Crippen LogP contribution in [0.2, 0.25) is 0 Å². The first-order valence-corrected chi connectivity index (χ1v) is 5.92. The molecule has 8 nitrogen and oxygen atoms in total. The molecule has 0 bridgehead atoms. The summed E-state index contributed by atoms with van der Waals surface area (Å²) >= 11 is 0. The Labute approximate surface area is 115 Å². The molecule has 0 saturated carbocycles. The number of carbonyl (C=O) groups is 3. The van der Waals surface area contributed by atoms with Crippen LogP contribution in [0, 0.1) is 0 Å². The predicted octanol–water partition coefficient (Wildman–Crippen LogP) is -2.32. The second-order valence-corrected chi connectivity index (χ2v) is 5.04. The first-order chi connectivity index (χ1) is 8.88. The maximum atomic E-state index is 11.8. The van der Waals surface area contributed by atoms with Crippen molar-refractivity contribution in [1.29, 1.82) is 0 Å². The highest BCUT2D eigenvalue weighted by atomic mass is 16.6. The zero-order chi connectivity index (χ0) is 16.1. The molecule has 1 aliphatic heterocycles. The molecule has 0 aliphatic carbocycles. The molecule has 0 radical (unpaired) electrons. The average Bonchev–Trinajstić information content (AvgIpc) is 2.32. The Bertz CT molecular complexity index is 440. The van der Waals surface area contributed by atoms with Gasteiger partial charge in [0.2, 0.25) is 11.2 Å². The van der Waals surface area contributed by atoms with E-state index in [-0.39, 0.29) is 0 Å². The molecule has 0 amide bonds. The summed E-state index contributed by atoms with van der Waals surface area (Å²) in [6, 6.07) is 0. The molecule has 1 rings (SSSR count). The van der Waals surface area contributed by atoms with Crippen LogP contribution in [0.1, 0.15) is 27.7 Å². The van der Waals surface area contributed by atoms with E-state index in [1.807, 2.05) is 0 Å². The highest BCUT2D eigenvalue weighted by Crippen LogP contribution is 2.45. The fourth-order valence-corrected chi connectivity index (χ4v) is 2.66. The van der Waals surface area contributed by atoms with Crippen molar-refractivity contribution in [1.82, 2.24) is 0 Å². The molecule has 1 fully saturated rings. The van der Waals surface area contributed by atoms with Gasteiger partial charge in [0, 0.05) is 0 Å². The van der Waals surface area contributed by atoms with Gasteiger partial charge >= 0.3 is 0 Å². The first-order valence-electron chi connectivity index (χ1n) is 5.92. The normalized spacial score (nSPS) is 45.0. The van der Waals surface area contributed by atoms with E-state index in [0.717, 1.165) is 27.7 Å². The van der Waals surface area contributed by atoms with Crippen molar-refractivity contribution >= 4 is 17.3 Å². The van der Waals surface area contributed by atoms with Gasteiger partial charge in [0.05, 0.1) is 6.10 Å². The van der Waals surface area contributed by atoms with Crippen LogP contribution in [-0.4, -0.2) is 67.0 Å². The third-order valence-corrected chi connectivity index (χ3v) is 3.96. The smallest absolute Gasteiger partial charge is 0.213 e. The van der Waals surface area contributed by atoms with Gasteiger partial charge in [-0.2, -0.15) is 0 Å². The maximum absolute atomic E-state index is 11.8. The van der Waals surface area contributed by atoms with E-state index in [2.05, 4.69) is 0 Å². The van der Waals surface area contributed by atoms with Gasteiger partial charge in [0.25, 0.3) is 0 Å². The van der Waals surface area contributed by atoms with E-state index in [0.29, 0.717) is 0 Å². The molecule has 0 spiro atoms. The summed E-state index contributed by atoms with van der Waals surface area (Å²) in [6.07, 6.45) is -3.80. The number of carbonyl (C=O) groups excluding carboxylic acids is 3. The van der Waals surface area contributed by atoms with Crippen LogP contribution in [0.15, 0.2) is 0 Å². The minimum Gasteiger partial charge on any atom is -0.376 e. The molecule has 114 valence electrons. The van der Waals surface area contributed by atoms with E-state index in [4.69, 9.17) is 4.74 Å². The summed E-state index contributed by atoms with van der Waals surface area (Å²) < 4.78 is 4.79. The van der Waals surface area contributed by atoms with Crippen LogP contribution < -0.4 is 0 Å². The lowest BCUT2D eigenvalue weighted by Gasteiger charge is -2.55. The lowest BCUT2D eigenvalue weighted by atomic mass is 9.61. The van der Waals surface area contributed by atoms with Gasteiger partial charge in [-0.1, -0.05) is 0 Å². The fraction of sp³-hybridized carbons (Fsp3) is 0.750. The minimum atomic E-state index is -3.23. The molecule has 0 aromatic heterocycles. The number of hydrogen-bond acceptors (Lipinski definition) is 8. The van der Waals surface area contributed by atoms with E-state index in [9.17, 15) is 34.8 Å². The van der Waals surface area contributed by atoms with Gasteiger partial charge < -0.3 is 25.2 Å². The molecule has 4 N–H and O–H groups in total. The molecular weight excluding hydrogens is 272 g/mol. The van der Waals surface area contributed by atoms with Crippen molar-refractivity contribution in [3.8, 4) is 0 Å². The molecule has 0 unspecified atom stereocenters. The molecule has 0 aromatic rings. The monoisotopic (exact) mass is 290 g/mol. The van der Waals surface area contributed by atoms with Crippen molar-refractivity contribution < 1.29 is 39.5 Å². The third-order valence-electron chi connectivity index (χ3n) is 3.96. The third kappa shape index (κ3) is 1.63. The molecular formula is C12H18O8. The van der Waals surface area contributed by atoms with Gasteiger partial charge in [0.15, 0.2) is 29.2 Å². The van der Waals surface area contributed by atoms with Crippen LogP contribution in [0.3, 0.4) is 0 Å². The van der Waals surface area contributed by atoms with Gasteiger partial charge in [-0.25, -0.2) is 0 Å². The Morgan fingerprint density at radius 2 is 1.30 bits per heavy atom. The molecule has 0 aromatic carbocycles. The number of ether oxygens (including phenoxy) is 1. The maximum Gasteiger partial charge on any atom is 0.213 e. The van der Waals surface area contributed by atoms with Crippen LogP contribution >= 0.6 is 0 Å². The summed E-state index contributed by atoms with van der Waals surface area (Å²) in [6.45, 7) is 3.56. The average molecular weight is 290 g/mol. The summed E-state index contributed by atoms with van der Waals surface area (Å²) in [7, 11) is 0. The Morgan fingerprint density at radius 3 is 1.60 bits per heavy atom. The van der Waals surface area contributed by atoms with Crippen LogP contribution in [-0.2, 0) is 19.1 Å². The van der Waals surface area contributed by atoms with Crippen molar-refractivity contribution in [2.45, 2.75) is 56.9 Å². The quantitative estimate of drug-likeness (QED) is 0.454. The molecule has 1 aliphatic rings. The van der Waals surface area contributed by atoms with E-state index in [1.54, 1.807) is 0 Å². The highest BCUT2D eigenvalue weighted by Gasteiger charge is 2.77. The zero-order valence-electron chi connectivity index (χ0n) is 11.6. The summed E-state index contributed by atoms with van der Waals surface area (Å²) in [5.41, 5.74) is -9.26. The highest BCUT2D eigenvalue weighted by molar-refractivity contribution is 6.05. The van der Waals surface area contributed by atoms with E-state index in [1.165, 1.54) is 0 Å². The van der Waals surface area contributed by atoms with Crippen LogP contribution in [0.25, 0.3) is 0 Å². The lowest BCUT2D eigenvalue weighted by Crippen LogP contribution is -2.85. The lowest BCUT2D eigenvalue weighted by molar-refractivity contribution is -0.353. The van der Waals surface area contributed by atoms with Crippen molar-refractivity contribution in [2.75, 3.05) is 0 Å². The topological polar surface area (TPSA) is 141 Å². The minimum absolute atomic E-state index is 0.784. The van der Waals surface area contributed by atoms with Crippen LogP contribution in [0.5, 0.6) is 0 Å². The summed E-state index contributed by atoms with van der Waals surface area (Å²) in [5, 5.41) is 41.0. The summed E-state index contributed by atoms with van der Waals surface area (Å²) in [5.74, 6) is -3.56. The van der Waals surface area contributed by atoms with E-state index < -0.39 is 46.5 Å². The van der Waals surface area contributed by atoms with Gasteiger partial charge in [0.1, 0.15) is 0 Å². The Morgan fingerprint density at radius 1 is 0.900 bits per heavy atom. The molecule has 5 atom stereocenters. The number of hydrogen-bond donors (Lipinski definition) is 4. The Kier molecular flexibility index (Phi) is 3.94. The summed E-state index contributed by atoms with van der Waals surface area (Å²) in [4.78, 5) is 35.2. The SMILES string of the molecule is CC(=O)[C@@]1(O)[C@](O)(C(C)=O)[C@H](C)O[C@@H](O)[C@@]1(O)C(C)=O. The van der Waals surface area contributed by atoms with Crippen LogP contribution in [0.4, 0.5) is 0 Å². The number of aliphatic hydroxyl groups is 4. The van der Waals surface area contributed by atoms with Crippen molar-refractivity contribution in [3.63, 3.8) is 0 Å². The van der Waals surface area contributed by atoms with Crippen molar-refractivity contribution in [2.24, 2.45) is 0 Å². The fourth-order valence-electron chi connectivity index (χ4n) is 2.66. The zero-order valence-corrected chi connectivity index (χ0v) is 11.6. The Balaban J connectivity index is 3.76. The number of ketones is 3. The van der Waals surface area contributed by atoms with Gasteiger partial charge in [-0.05, 0) is 27.7 Å². The Hall–Kier alpha value is -1.19. The van der Waals surface area contributed by atoms with Crippen molar-refractivity contribution in [3.05, 3.63) is 0 Å². The molecule has 1 saturated heterocycles. The van der Waals surface area contributed by atoms with Gasteiger partial charge in [-0.15, -0.1) is 0 Å². The standard InChI is InChI=1S/C12H18O8/c1-5(13)10(17)8(4)20-9(16)11(18,6(2)14)12(10,19)7(3)15/h8-9,16-19H,1-4H3/t8-,9+,10-,11-,12+/m0/s1. The largest absolute Gasteiger partial charge is 0.376 e. The number of aliphatic hydroxyl groups excluding tert-OH is 1. The predicted molar refractivity (Wildman–Crippen MR) is 63.4 cm³/mol. The number of Topliss-reactive ketones (excluding diaryl/α,β-unsaturated/α-hetero) is 3. The van der Waals surface area contributed by atoms with Gasteiger partial charge in [-0.3, -0.25) is 14.4 Å².